The van der Waals surface area contributed by atoms with Crippen molar-refractivity contribution in [2.24, 2.45) is 0 Å². The minimum atomic E-state index is -0.378. The Morgan fingerprint density at radius 1 is 0.895 bits per heavy atom. The number of hydrogen-bond donors (Lipinski definition) is 1. The number of carbonyl (C=O) groups excluding carboxylic acids is 2. The minimum absolute atomic E-state index is 0.0494. The summed E-state index contributed by atoms with van der Waals surface area (Å²) in [5, 5.41) is 0.608. The van der Waals surface area contributed by atoms with Crippen LogP contribution in [0.3, 0.4) is 0 Å². The fraction of sp³-hybridized carbons (Fsp3) is 0.222. The Bertz CT molecular complexity index is 1470. The predicted octanol–water partition coefficient (Wildman–Crippen LogP) is 3.58. The van der Waals surface area contributed by atoms with Crippen LogP contribution in [0.2, 0.25) is 5.02 Å². The summed E-state index contributed by atoms with van der Waals surface area (Å²) in [7, 11) is 0. The summed E-state index contributed by atoms with van der Waals surface area (Å²) in [6.45, 7) is 3.43. The average Bonchev–Trinajstić information content (AvgIpc) is 2.92. The van der Waals surface area contributed by atoms with E-state index in [1.165, 1.54) is 6.92 Å². The summed E-state index contributed by atoms with van der Waals surface area (Å²) >= 11 is 5.90. The van der Waals surface area contributed by atoms with Gasteiger partial charge in [0.15, 0.2) is 12.4 Å². The van der Waals surface area contributed by atoms with E-state index >= 15 is 0 Å². The minimum Gasteiger partial charge on any atom is -0.484 e. The molecule has 0 saturated carbocycles. The van der Waals surface area contributed by atoms with Crippen LogP contribution in [0.25, 0.3) is 22.3 Å². The Morgan fingerprint density at radius 3 is 2.26 bits per heavy atom. The lowest BCUT2D eigenvalue weighted by Gasteiger charge is -2.35. The smallest absolute Gasteiger partial charge is 0.308 e. The summed E-state index contributed by atoms with van der Waals surface area (Å²) in [4.78, 5) is 41.4. The van der Waals surface area contributed by atoms with E-state index in [1.54, 1.807) is 41.3 Å². The van der Waals surface area contributed by atoms with E-state index in [0.29, 0.717) is 59.6 Å². The molecule has 1 amide bonds. The molecule has 1 aliphatic rings. The van der Waals surface area contributed by atoms with Crippen LogP contribution in [0.15, 0.2) is 60.7 Å². The van der Waals surface area contributed by atoms with Crippen LogP contribution in [0, 0.1) is 0 Å². The number of nitrogens with two attached hydrogens (primary N) is 1. The van der Waals surface area contributed by atoms with E-state index in [2.05, 4.69) is 14.9 Å². The first-order valence-electron chi connectivity index (χ1n) is 12.0. The fourth-order valence-corrected chi connectivity index (χ4v) is 4.32. The molecule has 3 heterocycles. The summed E-state index contributed by atoms with van der Waals surface area (Å²) in [5.41, 5.74) is 8.82. The maximum Gasteiger partial charge on any atom is 0.308 e. The Kier molecular flexibility index (Phi) is 7.23. The van der Waals surface area contributed by atoms with Crippen molar-refractivity contribution in [3.05, 3.63) is 65.7 Å². The fourth-order valence-electron chi connectivity index (χ4n) is 4.19. The first kappa shape index (κ1) is 25.2. The summed E-state index contributed by atoms with van der Waals surface area (Å²) < 4.78 is 10.7. The average molecular weight is 533 g/mol. The van der Waals surface area contributed by atoms with Crippen molar-refractivity contribution in [3.63, 3.8) is 0 Å². The zero-order valence-electron chi connectivity index (χ0n) is 20.6. The number of piperazine rings is 1. The number of fused-ring (bicyclic) bond motifs is 1. The number of ether oxygens (including phenoxy) is 2. The molecule has 194 valence electrons. The molecule has 0 radical (unpaired) electrons. The molecule has 11 heteroatoms. The first-order chi connectivity index (χ1) is 18.4. The number of nitrogen functional groups attached to an aromatic ring is 1. The number of esters is 1. The van der Waals surface area contributed by atoms with E-state index < -0.39 is 0 Å². The second-order valence-corrected chi connectivity index (χ2v) is 9.13. The molecule has 0 aliphatic carbocycles. The highest BCUT2D eigenvalue weighted by molar-refractivity contribution is 6.30. The monoisotopic (exact) mass is 532 g/mol. The van der Waals surface area contributed by atoms with Crippen molar-refractivity contribution in [1.29, 1.82) is 0 Å². The maximum atomic E-state index is 12.7. The van der Waals surface area contributed by atoms with Crippen molar-refractivity contribution in [1.82, 2.24) is 19.9 Å². The van der Waals surface area contributed by atoms with Gasteiger partial charge in [-0.3, -0.25) is 9.59 Å². The Morgan fingerprint density at radius 2 is 1.58 bits per heavy atom. The molecular weight excluding hydrogens is 508 g/mol. The van der Waals surface area contributed by atoms with Gasteiger partial charge in [-0.25, -0.2) is 9.97 Å². The standard InChI is InChI=1S/C27H25ClN6O4/c1-17(35)38-21-6-2-18(3-7-21)22-10-11-23-25(30-22)26(32-27(29)31-23)34-14-12-33(13-15-34)24(36)16-37-20-8-4-19(28)5-9-20/h2-11H,12-16H2,1H3,(H2,29,31,32). The number of rotatable bonds is 6. The second kappa shape index (κ2) is 10.9. The van der Waals surface area contributed by atoms with Crippen molar-refractivity contribution in [3.8, 4) is 22.8 Å². The van der Waals surface area contributed by atoms with Crippen molar-refractivity contribution >= 4 is 46.3 Å². The van der Waals surface area contributed by atoms with Gasteiger partial charge in [-0.1, -0.05) is 11.6 Å². The number of halogens is 1. The molecule has 1 saturated heterocycles. The van der Waals surface area contributed by atoms with Crippen molar-refractivity contribution < 1.29 is 19.1 Å². The second-order valence-electron chi connectivity index (χ2n) is 8.70. The van der Waals surface area contributed by atoms with Gasteiger partial charge in [0, 0.05) is 43.7 Å². The molecule has 5 rings (SSSR count). The van der Waals surface area contributed by atoms with Gasteiger partial charge in [-0.2, -0.15) is 4.98 Å². The topological polar surface area (TPSA) is 124 Å². The van der Waals surface area contributed by atoms with Gasteiger partial charge in [0.2, 0.25) is 5.95 Å². The SMILES string of the molecule is CC(=O)Oc1ccc(-c2ccc3nc(N)nc(N4CCN(C(=O)COc5ccc(Cl)cc5)CC4)c3n2)cc1. The maximum absolute atomic E-state index is 12.7. The molecule has 1 fully saturated rings. The molecular formula is C27H25ClN6O4. The lowest BCUT2D eigenvalue weighted by molar-refractivity contribution is -0.134. The lowest BCUT2D eigenvalue weighted by atomic mass is 10.1. The highest BCUT2D eigenvalue weighted by Crippen LogP contribution is 2.28. The highest BCUT2D eigenvalue weighted by Gasteiger charge is 2.24. The van der Waals surface area contributed by atoms with Gasteiger partial charge in [-0.15, -0.1) is 0 Å². The summed E-state index contributed by atoms with van der Waals surface area (Å²) in [6.07, 6.45) is 0. The van der Waals surface area contributed by atoms with E-state index in [9.17, 15) is 9.59 Å². The molecule has 2 aromatic carbocycles. The molecule has 2 N–H and O–H groups in total. The normalized spacial score (nSPS) is 13.4. The number of nitrogens with zero attached hydrogens (tertiary/aromatic N) is 5. The number of benzene rings is 2. The molecule has 0 bridgehead atoms. The van der Waals surface area contributed by atoms with Gasteiger partial charge < -0.3 is 25.0 Å². The predicted molar refractivity (Wildman–Crippen MR) is 144 cm³/mol. The molecule has 0 spiro atoms. The third-order valence-electron chi connectivity index (χ3n) is 6.06. The highest BCUT2D eigenvalue weighted by atomic mass is 35.5. The summed E-state index contributed by atoms with van der Waals surface area (Å²) in [5.74, 6) is 1.36. The van der Waals surface area contributed by atoms with E-state index in [4.69, 9.17) is 31.8 Å². The zero-order chi connectivity index (χ0) is 26.6. The molecule has 10 nitrogen and oxygen atoms in total. The third-order valence-corrected chi connectivity index (χ3v) is 6.31. The van der Waals surface area contributed by atoms with Crippen LogP contribution >= 0.6 is 11.6 Å². The quantitative estimate of drug-likeness (QED) is 0.293. The van der Waals surface area contributed by atoms with Gasteiger partial charge in [0.05, 0.1) is 11.2 Å². The molecule has 2 aromatic heterocycles. The van der Waals surface area contributed by atoms with E-state index in [0.717, 1.165) is 11.3 Å². The number of pyridine rings is 1. The first-order valence-corrected chi connectivity index (χ1v) is 12.4. The Labute approximate surface area is 224 Å². The lowest BCUT2D eigenvalue weighted by Crippen LogP contribution is -2.50. The van der Waals surface area contributed by atoms with Crippen LogP contribution in [0.4, 0.5) is 11.8 Å². The number of hydrogen-bond acceptors (Lipinski definition) is 9. The van der Waals surface area contributed by atoms with Crippen LogP contribution in [-0.4, -0.2) is 64.5 Å². The number of amides is 1. The molecule has 38 heavy (non-hydrogen) atoms. The summed E-state index contributed by atoms with van der Waals surface area (Å²) in [6, 6.07) is 17.7. The van der Waals surface area contributed by atoms with Gasteiger partial charge in [-0.05, 0) is 60.7 Å². The van der Waals surface area contributed by atoms with Gasteiger partial charge in [0.25, 0.3) is 5.91 Å². The third kappa shape index (κ3) is 5.76. The van der Waals surface area contributed by atoms with E-state index in [1.807, 2.05) is 24.3 Å². The van der Waals surface area contributed by atoms with E-state index in [-0.39, 0.29) is 24.4 Å². The van der Waals surface area contributed by atoms with Gasteiger partial charge in [0.1, 0.15) is 17.0 Å². The Balaban J connectivity index is 1.30. The number of anilines is 2. The van der Waals surface area contributed by atoms with Crippen LogP contribution in [-0.2, 0) is 9.59 Å². The van der Waals surface area contributed by atoms with Crippen molar-refractivity contribution in [2.75, 3.05) is 43.4 Å². The molecule has 1 aliphatic heterocycles. The van der Waals surface area contributed by atoms with Crippen LogP contribution in [0.1, 0.15) is 6.92 Å². The van der Waals surface area contributed by atoms with Crippen LogP contribution < -0.4 is 20.1 Å². The van der Waals surface area contributed by atoms with Crippen LogP contribution in [0.5, 0.6) is 11.5 Å². The zero-order valence-corrected chi connectivity index (χ0v) is 21.4. The Hall–Kier alpha value is -4.44. The molecule has 0 atom stereocenters. The molecule has 4 aromatic rings. The largest absolute Gasteiger partial charge is 0.484 e. The molecule has 0 unspecified atom stereocenters. The number of aromatic nitrogens is 3. The van der Waals surface area contributed by atoms with Gasteiger partial charge >= 0.3 is 5.97 Å². The van der Waals surface area contributed by atoms with Crippen molar-refractivity contribution in [2.45, 2.75) is 6.92 Å². The number of carbonyl (C=O) groups is 2.